The molecule has 1 heterocycles. The fourth-order valence-electron chi connectivity index (χ4n) is 4.35. The minimum Gasteiger partial charge on any atom is -0.349 e. The van der Waals surface area contributed by atoms with Crippen molar-refractivity contribution in [2.45, 2.75) is 38.6 Å². The van der Waals surface area contributed by atoms with Gasteiger partial charge < -0.3 is 5.32 Å². The molecular weight excluding hydrogens is 290 g/mol. The Labute approximate surface area is 135 Å². The van der Waals surface area contributed by atoms with Gasteiger partial charge in [-0.3, -0.25) is 4.79 Å². The summed E-state index contributed by atoms with van der Waals surface area (Å²) in [5, 5.41) is 14.3. The average molecular weight is 311 g/mol. The molecule has 4 unspecified atom stereocenters. The first kappa shape index (κ1) is 14.4. The van der Waals surface area contributed by atoms with Crippen molar-refractivity contribution in [3.05, 3.63) is 36.2 Å². The number of hydrogen-bond acceptors (Lipinski definition) is 4. The molecule has 6 nitrogen and oxygen atoms in total. The number of fused-ring (bicyclic) bond motifs is 2. The summed E-state index contributed by atoms with van der Waals surface area (Å²) in [6.45, 7) is 2.15. The summed E-state index contributed by atoms with van der Waals surface area (Å²) >= 11 is 0. The van der Waals surface area contributed by atoms with Gasteiger partial charge in [0.25, 0.3) is 5.91 Å². The van der Waals surface area contributed by atoms with E-state index in [4.69, 9.17) is 0 Å². The molecular formula is C17H21N5O. The quantitative estimate of drug-likeness (QED) is 0.939. The number of aromatic nitrogens is 4. The Bertz CT molecular complexity index is 682. The van der Waals surface area contributed by atoms with Crippen LogP contribution in [0.4, 0.5) is 0 Å². The number of tetrazole rings is 1. The van der Waals surface area contributed by atoms with Crippen LogP contribution < -0.4 is 5.32 Å². The fraction of sp³-hybridized carbons (Fsp3) is 0.529. The molecule has 1 aromatic heterocycles. The third-order valence-corrected chi connectivity index (χ3v) is 5.54. The minimum atomic E-state index is 0.00328. The number of amides is 1. The molecule has 23 heavy (non-hydrogen) atoms. The van der Waals surface area contributed by atoms with E-state index in [2.05, 4.69) is 27.8 Å². The molecule has 1 aromatic carbocycles. The molecule has 4 atom stereocenters. The van der Waals surface area contributed by atoms with E-state index >= 15 is 0 Å². The second-order valence-electron chi connectivity index (χ2n) is 6.90. The Hall–Kier alpha value is -2.24. The summed E-state index contributed by atoms with van der Waals surface area (Å²) < 4.78 is 1.57. The summed E-state index contributed by atoms with van der Waals surface area (Å²) in [7, 11) is 0. The molecule has 2 bridgehead atoms. The predicted molar refractivity (Wildman–Crippen MR) is 85.0 cm³/mol. The Morgan fingerprint density at radius 3 is 2.70 bits per heavy atom. The number of hydrogen-bond donors (Lipinski definition) is 1. The molecule has 0 aliphatic heterocycles. The van der Waals surface area contributed by atoms with Crippen molar-refractivity contribution in [2.24, 2.45) is 17.8 Å². The highest BCUT2D eigenvalue weighted by Crippen LogP contribution is 2.49. The largest absolute Gasteiger partial charge is 0.349 e. The van der Waals surface area contributed by atoms with Crippen LogP contribution in [0.5, 0.6) is 0 Å². The third-order valence-electron chi connectivity index (χ3n) is 5.54. The van der Waals surface area contributed by atoms with Crippen molar-refractivity contribution >= 4 is 5.91 Å². The summed E-state index contributed by atoms with van der Waals surface area (Å²) in [5.41, 5.74) is 1.52. The van der Waals surface area contributed by atoms with Crippen LogP contribution in [-0.4, -0.2) is 32.2 Å². The van der Waals surface area contributed by atoms with Gasteiger partial charge >= 0.3 is 0 Å². The van der Waals surface area contributed by atoms with E-state index in [-0.39, 0.29) is 11.9 Å². The standard InChI is InChI=1S/C17H21N5O/c1-11(16-9-12-2-3-14(16)8-12)19-17(23)13-4-6-15(7-5-13)22-10-18-20-21-22/h4-7,10-12,14,16H,2-3,8-9H2,1H3,(H,19,23). The molecule has 4 rings (SSSR count). The zero-order valence-corrected chi connectivity index (χ0v) is 13.2. The van der Waals surface area contributed by atoms with E-state index in [1.54, 1.807) is 4.68 Å². The zero-order valence-electron chi connectivity index (χ0n) is 13.2. The lowest BCUT2D eigenvalue weighted by Crippen LogP contribution is -2.40. The van der Waals surface area contributed by atoms with Crippen LogP contribution >= 0.6 is 0 Å². The first-order valence-corrected chi connectivity index (χ1v) is 8.35. The van der Waals surface area contributed by atoms with Gasteiger partial charge in [-0.25, -0.2) is 4.68 Å². The minimum absolute atomic E-state index is 0.00328. The van der Waals surface area contributed by atoms with Gasteiger partial charge in [0.05, 0.1) is 5.69 Å². The van der Waals surface area contributed by atoms with Gasteiger partial charge in [-0.15, -0.1) is 5.10 Å². The molecule has 2 aliphatic rings. The maximum Gasteiger partial charge on any atom is 0.251 e. The highest BCUT2D eigenvalue weighted by atomic mass is 16.1. The maximum atomic E-state index is 12.5. The SMILES string of the molecule is CC(NC(=O)c1ccc(-n2cnnn2)cc1)C1CC2CCC1C2. The molecule has 2 saturated carbocycles. The molecule has 2 aromatic rings. The van der Waals surface area contributed by atoms with Crippen LogP contribution in [0.1, 0.15) is 43.0 Å². The van der Waals surface area contributed by atoms with Gasteiger partial charge in [-0.2, -0.15) is 0 Å². The van der Waals surface area contributed by atoms with E-state index in [0.29, 0.717) is 11.5 Å². The molecule has 6 heteroatoms. The van der Waals surface area contributed by atoms with Crippen LogP contribution in [0, 0.1) is 17.8 Å². The third kappa shape index (κ3) is 2.73. The summed E-state index contributed by atoms with van der Waals surface area (Å²) in [6.07, 6.45) is 6.92. The van der Waals surface area contributed by atoms with E-state index in [1.165, 1.54) is 32.0 Å². The van der Waals surface area contributed by atoms with Crippen LogP contribution in [0.15, 0.2) is 30.6 Å². The number of rotatable bonds is 4. The van der Waals surface area contributed by atoms with E-state index in [1.807, 2.05) is 24.3 Å². The average Bonchev–Trinajstić information content (AvgIpc) is 3.32. The summed E-state index contributed by atoms with van der Waals surface area (Å²) in [5.74, 6) is 2.37. The molecule has 2 fully saturated rings. The van der Waals surface area contributed by atoms with Crippen molar-refractivity contribution in [3.8, 4) is 5.69 Å². The second kappa shape index (κ2) is 5.76. The Morgan fingerprint density at radius 1 is 1.26 bits per heavy atom. The highest BCUT2D eigenvalue weighted by Gasteiger charge is 2.42. The van der Waals surface area contributed by atoms with Gasteiger partial charge in [-0.05, 0) is 78.6 Å². The van der Waals surface area contributed by atoms with E-state index in [0.717, 1.165) is 17.5 Å². The van der Waals surface area contributed by atoms with Gasteiger partial charge in [0.2, 0.25) is 0 Å². The molecule has 1 amide bonds. The monoisotopic (exact) mass is 311 g/mol. The van der Waals surface area contributed by atoms with Crippen LogP contribution in [0.3, 0.4) is 0 Å². The maximum absolute atomic E-state index is 12.5. The lowest BCUT2D eigenvalue weighted by Gasteiger charge is -2.28. The first-order chi connectivity index (χ1) is 11.2. The van der Waals surface area contributed by atoms with Gasteiger partial charge in [0.1, 0.15) is 6.33 Å². The number of nitrogens with zero attached hydrogens (tertiary/aromatic N) is 4. The number of carbonyl (C=O) groups excluding carboxylic acids is 1. The van der Waals surface area contributed by atoms with Crippen LogP contribution in [0.25, 0.3) is 5.69 Å². The molecule has 0 radical (unpaired) electrons. The normalized spacial score (nSPS) is 27.1. The van der Waals surface area contributed by atoms with Crippen molar-refractivity contribution in [1.29, 1.82) is 0 Å². The van der Waals surface area contributed by atoms with Gasteiger partial charge in [0, 0.05) is 11.6 Å². The highest BCUT2D eigenvalue weighted by molar-refractivity contribution is 5.94. The fourth-order valence-corrected chi connectivity index (χ4v) is 4.35. The number of nitrogens with one attached hydrogen (secondary N) is 1. The number of carbonyl (C=O) groups is 1. The van der Waals surface area contributed by atoms with Crippen molar-refractivity contribution in [1.82, 2.24) is 25.5 Å². The Kier molecular flexibility index (Phi) is 3.59. The number of benzene rings is 1. The molecule has 1 N–H and O–H groups in total. The molecule has 0 spiro atoms. The molecule has 2 aliphatic carbocycles. The van der Waals surface area contributed by atoms with Gasteiger partial charge in [0.15, 0.2) is 0 Å². The lowest BCUT2D eigenvalue weighted by atomic mass is 9.84. The Morgan fingerprint density at radius 2 is 2.09 bits per heavy atom. The van der Waals surface area contributed by atoms with Crippen LogP contribution in [0.2, 0.25) is 0 Å². The lowest BCUT2D eigenvalue weighted by molar-refractivity contribution is 0.0915. The summed E-state index contributed by atoms with van der Waals surface area (Å²) in [6, 6.07) is 7.60. The summed E-state index contributed by atoms with van der Waals surface area (Å²) in [4.78, 5) is 12.5. The Balaban J connectivity index is 1.41. The van der Waals surface area contributed by atoms with E-state index < -0.39 is 0 Å². The zero-order chi connectivity index (χ0) is 15.8. The van der Waals surface area contributed by atoms with Crippen molar-refractivity contribution in [2.75, 3.05) is 0 Å². The smallest absolute Gasteiger partial charge is 0.251 e. The van der Waals surface area contributed by atoms with Crippen LogP contribution in [-0.2, 0) is 0 Å². The van der Waals surface area contributed by atoms with Gasteiger partial charge in [-0.1, -0.05) is 6.42 Å². The van der Waals surface area contributed by atoms with Crippen molar-refractivity contribution in [3.63, 3.8) is 0 Å². The van der Waals surface area contributed by atoms with Crippen molar-refractivity contribution < 1.29 is 4.79 Å². The predicted octanol–water partition coefficient (Wildman–Crippen LogP) is 2.22. The van der Waals surface area contributed by atoms with E-state index in [9.17, 15) is 4.79 Å². The second-order valence-corrected chi connectivity index (χ2v) is 6.90. The topological polar surface area (TPSA) is 72.7 Å². The molecule has 0 saturated heterocycles. The first-order valence-electron chi connectivity index (χ1n) is 8.35. The molecule has 120 valence electrons.